The second-order valence-corrected chi connectivity index (χ2v) is 10.7. The lowest BCUT2D eigenvalue weighted by molar-refractivity contribution is -0.143. The van der Waals surface area contributed by atoms with Crippen LogP contribution in [-0.2, 0) is 14.3 Å². The van der Waals surface area contributed by atoms with Crippen LogP contribution in [0.5, 0.6) is 0 Å². The van der Waals surface area contributed by atoms with E-state index < -0.39 is 23.5 Å². The molecule has 0 aromatic heterocycles. The fourth-order valence-corrected chi connectivity index (χ4v) is 6.27. The Morgan fingerprint density at radius 3 is 2.26 bits per heavy atom. The number of nitrogens with one attached hydrogen (secondary N) is 2. The number of fused-ring (bicyclic) bond motifs is 4. The van der Waals surface area contributed by atoms with Gasteiger partial charge in [-0.2, -0.15) is 0 Å². The highest BCUT2D eigenvalue weighted by Gasteiger charge is 2.65. The number of amides is 2. The van der Waals surface area contributed by atoms with Crippen LogP contribution < -0.4 is 10.6 Å². The summed E-state index contributed by atoms with van der Waals surface area (Å²) in [6.45, 7) is 0.197. The van der Waals surface area contributed by atoms with Gasteiger partial charge in [0.1, 0.15) is 12.6 Å². The molecule has 0 radical (unpaired) electrons. The SMILES string of the molecule is O=C(NC(CC1CC1)C(=O)N[C@H]1C[C@@H]2C[C@]2(C(=O)O)C1)OCC1c2ccccc2-c2ccccc21. The number of carboxylic acid groups (broad SMARTS) is 1. The van der Waals surface area contributed by atoms with Gasteiger partial charge in [0.2, 0.25) is 5.91 Å². The summed E-state index contributed by atoms with van der Waals surface area (Å²) in [6.07, 6.45) is 3.98. The van der Waals surface area contributed by atoms with Crippen LogP contribution in [0.15, 0.2) is 48.5 Å². The lowest BCUT2D eigenvalue weighted by atomic mass is 9.98. The number of ether oxygens (including phenoxy) is 1. The van der Waals surface area contributed by atoms with Crippen molar-refractivity contribution < 1.29 is 24.2 Å². The Kier molecular flexibility index (Phi) is 5.31. The molecule has 3 fully saturated rings. The van der Waals surface area contributed by atoms with Crippen molar-refractivity contribution in [1.82, 2.24) is 10.6 Å². The molecule has 0 spiro atoms. The highest BCUT2D eigenvalue weighted by Crippen LogP contribution is 2.63. The van der Waals surface area contributed by atoms with Gasteiger partial charge in [0.15, 0.2) is 0 Å². The van der Waals surface area contributed by atoms with E-state index in [1.54, 1.807) is 0 Å². The maximum atomic E-state index is 13.1. The molecule has 2 aromatic rings. The van der Waals surface area contributed by atoms with Crippen LogP contribution in [-0.4, -0.2) is 41.8 Å². The number of hydrogen-bond acceptors (Lipinski definition) is 4. The first-order chi connectivity index (χ1) is 16.9. The van der Waals surface area contributed by atoms with E-state index >= 15 is 0 Å². The molecule has 4 aliphatic carbocycles. The van der Waals surface area contributed by atoms with Crippen molar-refractivity contribution in [2.75, 3.05) is 6.61 Å². The van der Waals surface area contributed by atoms with Crippen molar-refractivity contribution in [3.05, 3.63) is 59.7 Å². The average molecular weight is 475 g/mol. The van der Waals surface area contributed by atoms with Crippen LogP contribution in [0, 0.1) is 17.3 Å². The number of alkyl carbamates (subject to hydrolysis) is 1. The molecule has 6 rings (SSSR count). The predicted molar refractivity (Wildman–Crippen MR) is 129 cm³/mol. The van der Waals surface area contributed by atoms with Gasteiger partial charge in [-0.05, 0) is 59.8 Å². The van der Waals surface area contributed by atoms with Crippen LogP contribution >= 0.6 is 0 Å². The Bertz CT molecular complexity index is 1150. The van der Waals surface area contributed by atoms with E-state index in [-0.39, 0.29) is 30.4 Å². The fraction of sp³-hybridized carbons (Fsp3) is 0.464. The Morgan fingerprint density at radius 1 is 1.00 bits per heavy atom. The molecule has 3 N–H and O–H groups in total. The third-order valence-electron chi connectivity index (χ3n) is 8.40. The van der Waals surface area contributed by atoms with Crippen molar-refractivity contribution in [3.8, 4) is 11.1 Å². The quantitative estimate of drug-likeness (QED) is 0.535. The number of hydrogen-bond donors (Lipinski definition) is 3. The molecule has 4 aliphatic rings. The molecule has 0 saturated heterocycles. The van der Waals surface area contributed by atoms with E-state index in [0.717, 1.165) is 35.1 Å². The molecular formula is C28H30N2O5. The Balaban J connectivity index is 1.08. The van der Waals surface area contributed by atoms with E-state index in [1.807, 2.05) is 24.3 Å². The minimum absolute atomic E-state index is 0.0405. The standard InChI is InChI=1S/C28H30N2O5/c31-25(29-18-12-17-13-28(17,14-18)26(32)33)24(11-16-9-10-16)30-27(34)35-15-23-21-7-3-1-5-19(21)20-6-2-4-8-22(20)23/h1-8,16-18,23-24H,9-15H2,(H,29,31)(H,30,34)(H,32,33)/t17-,18+,24?,28+/m1/s1. The normalized spacial score (nSPS) is 26.7. The third-order valence-corrected chi connectivity index (χ3v) is 8.40. The molecule has 2 amide bonds. The number of rotatable bonds is 8. The van der Waals surface area contributed by atoms with Gasteiger partial charge in [-0.1, -0.05) is 61.4 Å². The van der Waals surface area contributed by atoms with E-state index in [9.17, 15) is 19.5 Å². The zero-order chi connectivity index (χ0) is 24.2. The second kappa shape index (κ2) is 8.40. The van der Waals surface area contributed by atoms with Gasteiger partial charge >= 0.3 is 12.1 Å². The molecule has 182 valence electrons. The molecule has 35 heavy (non-hydrogen) atoms. The number of carbonyl (C=O) groups is 3. The van der Waals surface area contributed by atoms with Crippen LogP contribution in [0.2, 0.25) is 0 Å². The molecule has 0 aliphatic heterocycles. The summed E-state index contributed by atoms with van der Waals surface area (Å²) >= 11 is 0. The van der Waals surface area contributed by atoms with Gasteiger partial charge in [0.25, 0.3) is 0 Å². The molecule has 2 aromatic carbocycles. The molecule has 4 atom stereocenters. The lowest BCUT2D eigenvalue weighted by Gasteiger charge is -2.23. The first-order valence-electron chi connectivity index (χ1n) is 12.6. The van der Waals surface area contributed by atoms with Crippen LogP contribution in [0.4, 0.5) is 4.79 Å². The minimum Gasteiger partial charge on any atom is -0.481 e. The summed E-state index contributed by atoms with van der Waals surface area (Å²) in [7, 11) is 0. The first-order valence-corrected chi connectivity index (χ1v) is 12.6. The Labute approximate surface area is 204 Å². The van der Waals surface area contributed by atoms with Gasteiger partial charge in [0, 0.05) is 12.0 Å². The summed E-state index contributed by atoms with van der Waals surface area (Å²) in [5.41, 5.74) is 3.96. The molecule has 0 heterocycles. The van der Waals surface area contributed by atoms with Crippen LogP contribution in [0.3, 0.4) is 0 Å². The summed E-state index contributed by atoms with van der Waals surface area (Å²) in [4.78, 5) is 37.4. The zero-order valence-electron chi connectivity index (χ0n) is 19.5. The van der Waals surface area contributed by atoms with Gasteiger partial charge in [-0.25, -0.2) is 4.79 Å². The van der Waals surface area contributed by atoms with Crippen molar-refractivity contribution in [2.45, 2.75) is 56.5 Å². The fourth-order valence-electron chi connectivity index (χ4n) is 6.27. The van der Waals surface area contributed by atoms with E-state index in [0.29, 0.717) is 31.6 Å². The highest BCUT2D eigenvalue weighted by atomic mass is 16.5. The monoisotopic (exact) mass is 474 g/mol. The maximum absolute atomic E-state index is 13.1. The third kappa shape index (κ3) is 4.07. The van der Waals surface area contributed by atoms with Crippen molar-refractivity contribution >= 4 is 18.0 Å². The van der Waals surface area contributed by atoms with Gasteiger partial charge < -0.3 is 20.5 Å². The lowest BCUT2D eigenvalue weighted by Crippen LogP contribution is -2.50. The Morgan fingerprint density at radius 2 is 1.66 bits per heavy atom. The number of carboxylic acids is 1. The summed E-state index contributed by atoms with van der Waals surface area (Å²) in [6, 6.07) is 15.5. The molecule has 1 unspecified atom stereocenters. The molecule has 3 saturated carbocycles. The van der Waals surface area contributed by atoms with Crippen molar-refractivity contribution in [3.63, 3.8) is 0 Å². The average Bonchev–Trinajstić information content (AvgIpc) is 3.74. The maximum Gasteiger partial charge on any atom is 0.407 e. The number of carbonyl (C=O) groups excluding carboxylic acids is 2. The van der Waals surface area contributed by atoms with Gasteiger partial charge in [-0.3, -0.25) is 9.59 Å². The number of benzene rings is 2. The summed E-state index contributed by atoms with van der Waals surface area (Å²) in [5.74, 6) is -0.451. The van der Waals surface area contributed by atoms with Gasteiger partial charge in [-0.15, -0.1) is 0 Å². The van der Waals surface area contributed by atoms with Crippen LogP contribution in [0.25, 0.3) is 11.1 Å². The molecule has 0 bridgehead atoms. The highest BCUT2D eigenvalue weighted by molar-refractivity contribution is 5.86. The predicted octanol–water partition coefficient (Wildman–Crippen LogP) is 4.06. The Hall–Kier alpha value is -3.35. The second-order valence-electron chi connectivity index (χ2n) is 10.7. The topological polar surface area (TPSA) is 105 Å². The van der Waals surface area contributed by atoms with Crippen molar-refractivity contribution in [1.29, 1.82) is 0 Å². The number of aliphatic carboxylic acids is 1. The van der Waals surface area contributed by atoms with E-state index in [4.69, 9.17) is 4.74 Å². The van der Waals surface area contributed by atoms with Crippen molar-refractivity contribution in [2.24, 2.45) is 17.3 Å². The largest absolute Gasteiger partial charge is 0.481 e. The summed E-state index contributed by atoms with van der Waals surface area (Å²) in [5, 5.41) is 15.3. The van der Waals surface area contributed by atoms with Crippen LogP contribution in [0.1, 0.15) is 55.6 Å². The van der Waals surface area contributed by atoms with E-state index in [1.165, 1.54) is 0 Å². The molecular weight excluding hydrogens is 444 g/mol. The molecule has 7 heteroatoms. The molecule has 7 nitrogen and oxygen atoms in total. The smallest absolute Gasteiger partial charge is 0.407 e. The summed E-state index contributed by atoms with van der Waals surface area (Å²) < 4.78 is 5.66. The van der Waals surface area contributed by atoms with E-state index in [2.05, 4.69) is 34.9 Å². The zero-order valence-corrected chi connectivity index (χ0v) is 19.5. The first kappa shape index (κ1) is 22.1. The minimum atomic E-state index is -0.759. The van der Waals surface area contributed by atoms with Gasteiger partial charge in [0.05, 0.1) is 5.41 Å².